The third-order valence-corrected chi connectivity index (χ3v) is 13.0. The Morgan fingerprint density at radius 3 is 2.34 bits per heavy atom. The zero-order chi connectivity index (χ0) is 40.1. The van der Waals surface area contributed by atoms with Crippen molar-refractivity contribution in [1.29, 1.82) is 0 Å². The maximum atomic E-state index is 13.8. The zero-order valence-electron chi connectivity index (χ0n) is 29.5. The van der Waals surface area contributed by atoms with Crippen LogP contribution in [0.15, 0.2) is 92.8 Å². The van der Waals surface area contributed by atoms with Gasteiger partial charge in [-0.1, -0.05) is 54.2 Å². The lowest BCUT2D eigenvalue weighted by atomic mass is 10.0. The largest absolute Gasteiger partial charge is 0.477 e. The molecule has 1 fully saturated rings. The number of sulfonamides is 1. The first kappa shape index (κ1) is 40.3. The Morgan fingerprint density at radius 1 is 1.04 bits per heavy atom. The second-order valence-corrected chi connectivity index (χ2v) is 16.4. The third-order valence-electron chi connectivity index (χ3n) is 8.83. The summed E-state index contributed by atoms with van der Waals surface area (Å²) in [7, 11) is -4.02. The number of nitrogens with one attached hydrogen (secondary N) is 4. The zero-order valence-corrected chi connectivity index (χ0v) is 32.0. The Kier molecular flexibility index (Phi) is 12.4. The number of benzene rings is 2. The van der Waals surface area contributed by atoms with Crippen LogP contribution in [0.4, 0.5) is 0 Å². The number of β-lactam (4-membered cyclic amide) rings is 1. The number of rotatable bonds is 16. The van der Waals surface area contributed by atoms with E-state index in [4.69, 9.17) is 0 Å². The van der Waals surface area contributed by atoms with Crippen LogP contribution in [-0.4, -0.2) is 126 Å². The normalized spacial score (nSPS) is 17.3. The first-order valence-corrected chi connectivity index (χ1v) is 20.4. The van der Waals surface area contributed by atoms with Gasteiger partial charge in [0.1, 0.15) is 34.5 Å². The Hall–Kier alpha value is -5.32. The van der Waals surface area contributed by atoms with E-state index in [2.05, 4.69) is 30.8 Å². The van der Waals surface area contributed by atoms with Gasteiger partial charge in [-0.05, 0) is 47.9 Å². The number of amides is 3. The van der Waals surface area contributed by atoms with Gasteiger partial charge in [-0.2, -0.15) is 4.31 Å². The molecule has 2 aromatic carbocycles. The van der Waals surface area contributed by atoms with Gasteiger partial charge in [-0.15, -0.1) is 16.9 Å². The SMILES string of the molecule is Cc1nc(SCC2=C(C(=O)O)N3C(=O)C(NC(=O)C(NC(=O)c4ccc(-c5ccc(S(=O)(=O)N(CCO)CCO)cc5)[nH]c4=O)c4ccccc4)[C@@H]3SC2)n[nH]1. The van der Waals surface area contributed by atoms with Gasteiger partial charge in [0.2, 0.25) is 21.1 Å². The molecule has 21 heteroatoms. The number of aliphatic carboxylic acids is 1. The van der Waals surface area contributed by atoms with E-state index < -0.39 is 69.9 Å². The number of carboxylic acids is 1. The number of aromatic nitrogens is 4. The van der Waals surface area contributed by atoms with Gasteiger partial charge in [-0.25, -0.2) is 18.2 Å². The maximum absolute atomic E-state index is 13.8. The van der Waals surface area contributed by atoms with Crippen LogP contribution in [0, 0.1) is 6.92 Å². The smallest absolute Gasteiger partial charge is 0.352 e. The third kappa shape index (κ3) is 8.41. The Morgan fingerprint density at radius 2 is 1.73 bits per heavy atom. The van der Waals surface area contributed by atoms with E-state index in [1.807, 2.05) is 0 Å². The number of aliphatic hydroxyl groups is 2. The number of hydrogen-bond donors (Lipinski definition) is 7. The molecule has 6 rings (SSSR count). The molecule has 7 N–H and O–H groups in total. The average Bonchev–Trinajstić information content (AvgIpc) is 3.62. The van der Waals surface area contributed by atoms with Crippen LogP contribution < -0.4 is 16.2 Å². The molecule has 0 spiro atoms. The second kappa shape index (κ2) is 17.2. The standard InChI is InChI=1S/C35H36N8O10S3/c1-19-36-35(41-40-19)55-18-22-17-54-33-27(32(49)43(33)28(22)34(50)51)39-31(48)26(21-5-3-2-4-6-21)38-30(47)24-11-12-25(37-29(24)46)20-7-9-23(10-8-20)56(52,53)42(13-15-44)14-16-45/h2-12,26-27,33,44-45H,13-18H2,1H3,(H,37,46)(H,38,47)(H,39,48)(H,50,51)(H,36,40,41)/t26?,27?,33-/m0/s1. The molecule has 18 nitrogen and oxygen atoms in total. The number of hydrogen-bond acceptors (Lipinski definition) is 13. The van der Waals surface area contributed by atoms with Crippen molar-refractivity contribution in [3.63, 3.8) is 0 Å². The first-order chi connectivity index (χ1) is 26.8. The molecule has 0 saturated carbocycles. The molecule has 4 heterocycles. The summed E-state index contributed by atoms with van der Waals surface area (Å²) in [5.74, 6) is -2.47. The molecule has 0 bridgehead atoms. The molecular formula is C35H36N8O10S3. The van der Waals surface area contributed by atoms with Crippen molar-refractivity contribution in [2.45, 2.75) is 34.4 Å². The van der Waals surface area contributed by atoms with Gasteiger partial charge in [-0.3, -0.25) is 29.2 Å². The number of pyridine rings is 1. The summed E-state index contributed by atoms with van der Waals surface area (Å²) in [5, 5.41) is 40.3. The molecule has 2 aromatic heterocycles. The monoisotopic (exact) mass is 824 g/mol. The summed E-state index contributed by atoms with van der Waals surface area (Å²) < 4.78 is 26.9. The van der Waals surface area contributed by atoms with E-state index in [0.29, 0.717) is 27.7 Å². The van der Waals surface area contributed by atoms with Crippen molar-refractivity contribution < 1.29 is 42.9 Å². The summed E-state index contributed by atoms with van der Waals surface area (Å²) in [4.78, 5) is 74.1. The van der Waals surface area contributed by atoms with Crippen LogP contribution in [0.1, 0.15) is 27.8 Å². The van der Waals surface area contributed by atoms with Crippen LogP contribution in [0.25, 0.3) is 11.3 Å². The molecule has 2 aliphatic rings. The fourth-order valence-electron chi connectivity index (χ4n) is 6.08. The van der Waals surface area contributed by atoms with Crippen molar-refractivity contribution in [3.05, 3.63) is 105 Å². The van der Waals surface area contributed by atoms with Crippen molar-refractivity contribution in [1.82, 2.24) is 40.0 Å². The van der Waals surface area contributed by atoms with Crippen LogP contribution in [0.5, 0.6) is 0 Å². The minimum atomic E-state index is -4.02. The van der Waals surface area contributed by atoms with E-state index >= 15 is 0 Å². The molecule has 1 saturated heterocycles. The number of carbonyl (C=O) groups is 4. The number of H-pyrrole nitrogens is 2. The number of nitrogens with zero attached hydrogens (tertiary/aromatic N) is 4. The topological polar surface area (TPSA) is 268 Å². The van der Waals surface area contributed by atoms with Gasteiger partial charge < -0.3 is 30.9 Å². The molecule has 2 unspecified atom stereocenters. The van der Waals surface area contributed by atoms with Gasteiger partial charge in [0.25, 0.3) is 17.4 Å². The fraction of sp³-hybridized carbons (Fsp3) is 0.286. The molecule has 4 aromatic rings. The predicted molar refractivity (Wildman–Crippen MR) is 204 cm³/mol. The highest BCUT2D eigenvalue weighted by Crippen LogP contribution is 2.41. The lowest BCUT2D eigenvalue weighted by molar-refractivity contribution is -0.151. The number of thioether (sulfide) groups is 2. The summed E-state index contributed by atoms with van der Waals surface area (Å²) in [6.45, 7) is 0.451. The van der Waals surface area contributed by atoms with Crippen LogP contribution in [-0.2, 0) is 24.4 Å². The van der Waals surface area contributed by atoms with E-state index in [-0.39, 0.29) is 46.4 Å². The lowest BCUT2D eigenvalue weighted by Crippen LogP contribution is -2.71. The van der Waals surface area contributed by atoms with Gasteiger partial charge in [0, 0.05) is 30.3 Å². The summed E-state index contributed by atoms with van der Waals surface area (Å²) in [6, 6.07) is 13.9. The van der Waals surface area contributed by atoms with Gasteiger partial charge in [0.05, 0.1) is 18.1 Å². The van der Waals surface area contributed by atoms with Crippen molar-refractivity contribution in [2.24, 2.45) is 0 Å². The molecule has 2 aliphatic heterocycles. The number of carboxylic acid groups (broad SMARTS) is 1. The van der Waals surface area contributed by atoms with E-state index in [1.165, 1.54) is 59.9 Å². The van der Waals surface area contributed by atoms with Crippen LogP contribution in [0.2, 0.25) is 0 Å². The highest BCUT2D eigenvalue weighted by atomic mass is 32.2. The van der Waals surface area contributed by atoms with Crippen LogP contribution >= 0.6 is 23.5 Å². The number of carbonyl (C=O) groups excluding carboxylic acids is 3. The predicted octanol–water partition coefficient (Wildman–Crippen LogP) is 0.446. The number of aliphatic hydroxyl groups excluding tert-OH is 2. The van der Waals surface area contributed by atoms with Crippen LogP contribution in [0.3, 0.4) is 0 Å². The molecule has 3 amide bonds. The second-order valence-electron chi connectivity index (χ2n) is 12.5. The number of aryl methyl sites for hydroxylation is 1. The molecular weight excluding hydrogens is 789 g/mol. The minimum absolute atomic E-state index is 0.0956. The van der Waals surface area contributed by atoms with Gasteiger partial charge in [0.15, 0.2) is 0 Å². The molecule has 294 valence electrons. The number of aromatic amines is 2. The quantitative estimate of drug-likeness (QED) is 0.0598. The average molecular weight is 825 g/mol. The Balaban J connectivity index is 1.16. The maximum Gasteiger partial charge on any atom is 0.352 e. The van der Waals surface area contributed by atoms with Gasteiger partial charge >= 0.3 is 5.97 Å². The van der Waals surface area contributed by atoms with Crippen molar-refractivity contribution >= 4 is 57.2 Å². The van der Waals surface area contributed by atoms with E-state index in [1.54, 1.807) is 37.3 Å². The Labute approximate surface area is 327 Å². The highest BCUT2D eigenvalue weighted by molar-refractivity contribution is 8.01. The molecule has 56 heavy (non-hydrogen) atoms. The van der Waals surface area contributed by atoms with E-state index in [9.17, 15) is 47.7 Å². The molecule has 0 radical (unpaired) electrons. The van der Waals surface area contributed by atoms with Crippen molar-refractivity contribution in [3.8, 4) is 11.3 Å². The molecule has 3 atom stereocenters. The Bertz CT molecular complexity index is 2330. The summed E-state index contributed by atoms with van der Waals surface area (Å²) in [6.07, 6.45) is 0. The summed E-state index contributed by atoms with van der Waals surface area (Å²) >= 11 is 2.51. The lowest BCUT2D eigenvalue weighted by Gasteiger charge is -2.49. The minimum Gasteiger partial charge on any atom is -0.477 e. The van der Waals surface area contributed by atoms with Crippen molar-refractivity contribution in [2.75, 3.05) is 37.8 Å². The summed E-state index contributed by atoms with van der Waals surface area (Å²) in [5.41, 5.74) is 0.235. The first-order valence-electron chi connectivity index (χ1n) is 17.0. The fourth-order valence-corrected chi connectivity index (χ4v) is 9.83. The van der Waals surface area contributed by atoms with E-state index in [0.717, 1.165) is 9.21 Å². The highest BCUT2D eigenvalue weighted by Gasteiger charge is 2.54. The number of fused-ring (bicyclic) bond motifs is 1. The molecule has 0 aliphatic carbocycles.